The summed E-state index contributed by atoms with van der Waals surface area (Å²) in [7, 11) is 4.79. The van der Waals surface area contributed by atoms with Crippen molar-refractivity contribution < 1.29 is 9.59 Å². The van der Waals surface area contributed by atoms with Gasteiger partial charge in [-0.05, 0) is 24.6 Å². The molecule has 1 N–H and O–H groups in total. The summed E-state index contributed by atoms with van der Waals surface area (Å²) in [6.07, 6.45) is 1.45. The maximum atomic E-state index is 12.4. The molecule has 0 unspecified atom stereocenters. The van der Waals surface area contributed by atoms with Gasteiger partial charge in [0.05, 0.1) is 5.56 Å². The third kappa shape index (κ3) is 3.48. The minimum atomic E-state index is -0.380. The molecule has 0 spiro atoms. The number of nitrogens with zero attached hydrogens (tertiary/aromatic N) is 2. The van der Waals surface area contributed by atoms with Crippen molar-refractivity contribution in [3.63, 3.8) is 0 Å². The highest BCUT2D eigenvalue weighted by Gasteiger charge is 2.15. The molecule has 23 heavy (non-hydrogen) atoms. The lowest BCUT2D eigenvalue weighted by Crippen LogP contribution is -2.28. The summed E-state index contributed by atoms with van der Waals surface area (Å²) in [4.78, 5) is 38.0. The molecule has 1 aromatic heterocycles. The Kier molecular flexibility index (Phi) is 4.64. The number of aryl methyl sites for hydroxylation is 2. The maximum Gasteiger partial charge on any atom is 0.274 e. The van der Waals surface area contributed by atoms with E-state index in [2.05, 4.69) is 5.32 Å². The zero-order chi connectivity index (χ0) is 17.1. The minimum absolute atomic E-state index is 0.0773. The van der Waals surface area contributed by atoms with E-state index in [1.807, 2.05) is 19.1 Å². The van der Waals surface area contributed by atoms with Crippen LogP contribution in [-0.2, 0) is 7.05 Å². The van der Waals surface area contributed by atoms with Crippen molar-refractivity contribution in [3.8, 4) is 0 Å². The number of hydrogen-bond donors (Lipinski definition) is 1. The Bertz CT molecular complexity index is 822. The molecule has 0 aliphatic rings. The number of aromatic nitrogens is 1. The van der Waals surface area contributed by atoms with Crippen molar-refractivity contribution >= 4 is 17.5 Å². The van der Waals surface area contributed by atoms with Crippen LogP contribution in [0.1, 0.15) is 26.3 Å². The second-order valence-corrected chi connectivity index (χ2v) is 5.53. The zero-order valence-corrected chi connectivity index (χ0v) is 13.6. The van der Waals surface area contributed by atoms with E-state index in [0.717, 1.165) is 5.56 Å². The lowest BCUT2D eigenvalue weighted by Gasteiger charge is -2.13. The van der Waals surface area contributed by atoms with Crippen LogP contribution in [0.25, 0.3) is 0 Å². The molecule has 0 fully saturated rings. The molecule has 120 valence electrons. The predicted molar refractivity (Wildman–Crippen MR) is 88.8 cm³/mol. The molecule has 1 heterocycles. The lowest BCUT2D eigenvalue weighted by atomic mass is 10.1. The first-order chi connectivity index (χ1) is 10.8. The van der Waals surface area contributed by atoms with E-state index < -0.39 is 0 Å². The van der Waals surface area contributed by atoms with Gasteiger partial charge in [0.2, 0.25) is 0 Å². The summed E-state index contributed by atoms with van der Waals surface area (Å²) >= 11 is 0. The number of amides is 2. The Balaban J connectivity index is 2.40. The van der Waals surface area contributed by atoms with Crippen LogP contribution in [0, 0.1) is 6.92 Å². The van der Waals surface area contributed by atoms with Crippen LogP contribution in [0.3, 0.4) is 0 Å². The van der Waals surface area contributed by atoms with E-state index >= 15 is 0 Å². The number of hydrogen-bond acceptors (Lipinski definition) is 3. The van der Waals surface area contributed by atoms with Crippen LogP contribution in [0.5, 0.6) is 0 Å². The summed E-state index contributed by atoms with van der Waals surface area (Å²) in [5, 5.41) is 2.60. The Morgan fingerprint density at radius 3 is 2.43 bits per heavy atom. The summed E-state index contributed by atoms with van der Waals surface area (Å²) < 4.78 is 1.28. The normalized spacial score (nSPS) is 10.3. The third-order valence-corrected chi connectivity index (χ3v) is 3.47. The Morgan fingerprint density at radius 2 is 1.83 bits per heavy atom. The van der Waals surface area contributed by atoms with Crippen molar-refractivity contribution in [2.24, 2.45) is 7.05 Å². The van der Waals surface area contributed by atoms with Gasteiger partial charge in [-0.1, -0.05) is 18.2 Å². The van der Waals surface area contributed by atoms with Crippen LogP contribution in [0.15, 0.2) is 41.3 Å². The lowest BCUT2D eigenvalue weighted by molar-refractivity contribution is 0.0826. The summed E-state index contributed by atoms with van der Waals surface area (Å²) in [5.74, 6) is -0.623. The highest BCUT2D eigenvalue weighted by molar-refractivity contribution is 6.05. The van der Waals surface area contributed by atoms with Crippen LogP contribution >= 0.6 is 0 Å². The van der Waals surface area contributed by atoms with E-state index in [9.17, 15) is 14.4 Å². The Hall–Kier alpha value is -2.89. The van der Waals surface area contributed by atoms with Gasteiger partial charge in [0, 0.05) is 32.9 Å². The predicted octanol–water partition coefficient (Wildman–Crippen LogP) is 1.65. The van der Waals surface area contributed by atoms with Gasteiger partial charge in [-0.3, -0.25) is 14.4 Å². The van der Waals surface area contributed by atoms with Crippen LogP contribution < -0.4 is 10.9 Å². The molecule has 2 rings (SSSR count). The first kappa shape index (κ1) is 16.5. The molecule has 0 radical (unpaired) electrons. The van der Waals surface area contributed by atoms with Gasteiger partial charge in [-0.2, -0.15) is 0 Å². The van der Waals surface area contributed by atoms with Crippen LogP contribution in [0.4, 0.5) is 5.69 Å². The monoisotopic (exact) mass is 313 g/mol. The maximum absolute atomic E-state index is 12.4. The molecular weight excluding hydrogens is 294 g/mol. The molecule has 2 aromatic rings. The number of carbonyl (C=O) groups is 2. The zero-order valence-electron chi connectivity index (χ0n) is 13.6. The molecule has 1 aromatic carbocycles. The largest absolute Gasteiger partial charge is 0.345 e. The van der Waals surface area contributed by atoms with Crippen molar-refractivity contribution in [1.82, 2.24) is 9.47 Å². The number of pyridine rings is 1. The van der Waals surface area contributed by atoms with Gasteiger partial charge in [0.15, 0.2) is 0 Å². The Morgan fingerprint density at radius 1 is 1.17 bits per heavy atom. The summed E-state index contributed by atoms with van der Waals surface area (Å²) in [5.41, 5.74) is 1.33. The molecule has 0 saturated heterocycles. The molecule has 6 nitrogen and oxygen atoms in total. The first-order valence-corrected chi connectivity index (χ1v) is 7.10. The third-order valence-electron chi connectivity index (χ3n) is 3.47. The highest BCUT2D eigenvalue weighted by Crippen LogP contribution is 2.12. The van der Waals surface area contributed by atoms with Gasteiger partial charge in [-0.25, -0.2) is 0 Å². The Labute approximate surface area is 134 Å². The van der Waals surface area contributed by atoms with E-state index in [1.54, 1.807) is 26.2 Å². The van der Waals surface area contributed by atoms with Crippen molar-refractivity contribution in [2.75, 3.05) is 19.4 Å². The fourth-order valence-corrected chi connectivity index (χ4v) is 2.19. The van der Waals surface area contributed by atoms with Crippen molar-refractivity contribution in [2.45, 2.75) is 6.92 Å². The van der Waals surface area contributed by atoms with E-state index in [4.69, 9.17) is 0 Å². The van der Waals surface area contributed by atoms with Gasteiger partial charge in [0.1, 0.15) is 5.69 Å². The van der Waals surface area contributed by atoms with Crippen LogP contribution in [-0.4, -0.2) is 35.4 Å². The number of nitrogens with one attached hydrogen (secondary N) is 1. The van der Waals surface area contributed by atoms with Gasteiger partial charge in [-0.15, -0.1) is 0 Å². The van der Waals surface area contributed by atoms with Gasteiger partial charge >= 0.3 is 0 Å². The number of carbonyl (C=O) groups excluding carboxylic acids is 2. The summed E-state index contributed by atoms with van der Waals surface area (Å²) in [6, 6.07) is 8.50. The number of benzene rings is 1. The fourth-order valence-electron chi connectivity index (χ4n) is 2.19. The second-order valence-electron chi connectivity index (χ2n) is 5.53. The van der Waals surface area contributed by atoms with E-state index in [1.165, 1.54) is 28.8 Å². The molecule has 0 bridgehead atoms. The molecule has 0 atom stereocenters. The number of rotatable bonds is 3. The topological polar surface area (TPSA) is 71.4 Å². The molecule has 6 heteroatoms. The van der Waals surface area contributed by atoms with Crippen molar-refractivity contribution in [3.05, 3.63) is 63.6 Å². The average molecular weight is 313 g/mol. The van der Waals surface area contributed by atoms with Gasteiger partial charge < -0.3 is 14.8 Å². The van der Waals surface area contributed by atoms with Crippen molar-refractivity contribution in [1.29, 1.82) is 0 Å². The summed E-state index contributed by atoms with van der Waals surface area (Å²) in [6.45, 7) is 1.82. The smallest absolute Gasteiger partial charge is 0.274 e. The minimum Gasteiger partial charge on any atom is -0.345 e. The van der Waals surface area contributed by atoms with Gasteiger partial charge in [0.25, 0.3) is 17.4 Å². The molecule has 0 saturated carbocycles. The average Bonchev–Trinajstić information content (AvgIpc) is 2.51. The quantitative estimate of drug-likeness (QED) is 0.936. The fraction of sp³-hybridized carbons (Fsp3) is 0.235. The molecular formula is C17H19N3O3. The molecule has 0 aliphatic heterocycles. The first-order valence-electron chi connectivity index (χ1n) is 7.10. The standard InChI is InChI=1S/C17H19N3O3/c1-11-7-5-6-8-13(11)15(21)18-14-9-12(16(22)19(2)3)10-20(4)17(14)23/h5-10H,1-4H3,(H,18,21). The number of anilines is 1. The van der Waals surface area contributed by atoms with Crippen LogP contribution in [0.2, 0.25) is 0 Å². The second kappa shape index (κ2) is 6.48. The van der Waals surface area contributed by atoms with E-state index in [-0.39, 0.29) is 23.1 Å². The van der Waals surface area contributed by atoms with E-state index in [0.29, 0.717) is 11.1 Å². The highest BCUT2D eigenvalue weighted by atomic mass is 16.2. The SMILES string of the molecule is Cc1ccccc1C(=O)Nc1cc(C(=O)N(C)C)cn(C)c1=O. The molecule has 2 amide bonds. The molecule has 0 aliphatic carbocycles.